The zero-order chi connectivity index (χ0) is 21.7. The molecular formula is C19H20N4O5S2. The molecule has 0 saturated carbocycles. The monoisotopic (exact) mass is 448 g/mol. The van der Waals surface area contributed by atoms with Crippen molar-refractivity contribution in [3.8, 4) is 11.5 Å². The third kappa shape index (κ3) is 5.47. The summed E-state index contributed by atoms with van der Waals surface area (Å²) in [6, 6.07) is 11.0. The normalized spacial score (nSPS) is 11.0. The summed E-state index contributed by atoms with van der Waals surface area (Å²) in [7, 11) is -0.627. The Morgan fingerprint density at radius 3 is 2.50 bits per heavy atom. The molecule has 4 N–H and O–H groups in total. The summed E-state index contributed by atoms with van der Waals surface area (Å²) in [5.74, 6) is 1.02. The van der Waals surface area contributed by atoms with Gasteiger partial charge >= 0.3 is 0 Å². The summed E-state index contributed by atoms with van der Waals surface area (Å²) in [5, 5.41) is 13.3. The second-order valence-corrected chi connectivity index (χ2v) is 8.55. The van der Waals surface area contributed by atoms with E-state index in [1.807, 2.05) is 0 Å². The van der Waals surface area contributed by atoms with Gasteiger partial charge in [-0.05, 0) is 36.4 Å². The first kappa shape index (κ1) is 21.6. The Balaban J connectivity index is 1.63. The molecular weight excluding hydrogens is 428 g/mol. The number of ether oxygens (including phenoxy) is 2. The molecule has 0 radical (unpaired) electrons. The van der Waals surface area contributed by atoms with Gasteiger partial charge in [0.05, 0.1) is 36.9 Å². The standard InChI is InChI=1S/C19H20N4O5S2/c1-27-14-5-8-17(28-2)16(10-14)23-19-22-13(11-29-19)9-18(24)21-12-3-6-15(7-4-12)30(20,25)26/h3-8,10-11H,9H2,1-2H3,(H,21,24)(H,22,23)(H2,20,25,26). The third-order valence-electron chi connectivity index (χ3n) is 4.01. The van der Waals surface area contributed by atoms with E-state index in [2.05, 4.69) is 15.6 Å². The maximum absolute atomic E-state index is 12.3. The molecule has 0 fully saturated rings. The second kappa shape index (κ2) is 9.11. The summed E-state index contributed by atoms with van der Waals surface area (Å²) in [6.07, 6.45) is 0.0599. The number of methoxy groups -OCH3 is 2. The number of nitrogens with two attached hydrogens (primary N) is 1. The van der Waals surface area contributed by atoms with Crippen LogP contribution in [0.15, 0.2) is 52.7 Å². The molecule has 2 aromatic carbocycles. The van der Waals surface area contributed by atoms with Crippen LogP contribution in [0.4, 0.5) is 16.5 Å². The summed E-state index contributed by atoms with van der Waals surface area (Å²) in [4.78, 5) is 16.7. The number of carbonyl (C=O) groups excluding carboxylic acids is 1. The number of rotatable bonds is 8. The second-order valence-electron chi connectivity index (χ2n) is 6.13. The van der Waals surface area contributed by atoms with Gasteiger partial charge in [0.2, 0.25) is 15.9 Å². The minimum atomic E-state index is -3.77. The van der Waals surface area contributed by atoms with Crippen LogP contribution in [0.3, 0.4) is 0 Å². The first-order valence-electron chi connectivity index (χ1n) is 8.64. The maximum Gasteiger partial charge on any atom is 0.238 e. The van der Waals surface area contributed by atoms with E-state index >= 15 is 0 Å². The Labute approximate surface area is 177 Å². The summed E-state index contributed by atoms with van der Waals surface area (Å²) < 4.78 is 33.1. The molecule has 1 amide bonds. The molecule has 1 heterocycles. The van der Waals surface area contributed by atoms with Crippen LogP contribution in [0.25, 0.3) is 0 Å². The highest BCUT2D eigenvalue weighted by atomic mass is 32.2. The Morgan fingerprint density at radius 2 is 1.87 bits per heavy atom. The topological polar surface area (TPSA) is 133 Å². The zero-order valence-electron chi connectivity index (χ0n) is 16.2. The highest BCUT2D eigenvalue weighted by Crippen LogP contribution is 2.32. The minimum Gasteiger partial charge on any atom is -0.497 e. The number of hydrogen-bond donors (Lipinski definition) is 3. The highest BCUT2D eigenvalue weighted by Gasteiger charge is 2.12. The number of carbonyl (C=O) groups is 1. The lowest BCUT2D eigenvalue weighted by Crippen LogP contribution is -2.15. The number of anilines is 3. The van der Waals surface area contributed by atoms with Gasteiger partial charge in [-0.1, -0.05) is 0 Å². The van der Waals surface area contributed by atoms with E-state index in [0.717, 1.165) is 0 Å². The molecule has 0 atom stereocenters. The molecule has 0 bridgehead atoms. The van der Waals surface area contributed by atoms with E-state index in [4.69, 9.17) is 14.6 Å². The minimum absolute atomic E-state index is 0.0244. The van der Waals surface area contributed by atoms with Gasteiger partial charge in [0.15, 0.2) is 5.13 Å². The molecule has 0 aliphatic carbocycles. The molecule has 11 heteroatoms. The van der Waals surface area contributed by atoms with Gasteiger partial charge in [0.1, 0.15) is 11.5 Å². The zero-order valence-corrected chi connectivity index (χ0v) is 17.8. The van der Waals surface area contributed by atoms with Crippen molar-refractivity contribution >= 4 is 43.8 Å². The lowest BCUT2D eigenvalue weighted by atomic mass is 10.2. The number of amides is 1. The number of thiazole rings is 1. The van der Waals surface area contributed by atoms with Crippen LogP contribution in [0, 0.1) is 0 Å². The molecule has 0 unspecified atom stereocenters. The maximum atomic E-state index is 12.3. The first-order valence-corrected chi connectivity index (χ1v) is 11.1. The number of nitrogens with zero attached hydrogens (tertiary/aromatic N) is 1. The van der Waals surface area contributed by atoms with Crippen molar-refractivity contribution in [3.63, 3.8) is 0 Å². The molecule has 30 heavy (non-hydrogen) atoms. The van der Waals surface area contributed by atoms with Gasteiger partial charge in [0.25, 0.3) is 0 Å². The van der Waals surface area contributed by atoms with Crippen molar-refractivity contribution in [3.05, 3.63) is 53.5 Å². The van der Waals surface area contributed by atoms with Gasteiger partial charge in [-0.25, -0.2) is 18.5 Å². The number of hydrogen-bond acceptors (Lipinski definition) is 8. The third-order valence-corrected chi connectivity index (χ3v) is 5.74. The van der Waals surface area contributed by atoms with E-state index in [-0.39, 0.29) is 17.2 Å². The van der Waals surface area contributed by atoms with E-state index in [9.17, 15) is 13.2 Å². The van der Waals surface area contributed by atoms with Crippen LogP contribution in [-0.2, 0) is 21.2 Å². The van der Waals surface area contributed by atoms with E-state index in [0.29, 0.717) is 33.7 Å². The van der Waals surface area contributed by atoms with Crippen molar-refractivity contribution in [1.29, 1.82) is 0 Å². The largest absolute Gasteiger partial charge is 0.497 e. The van der Waals surface area contributed by atoms with E-state index in [1.165, 1.54) is 35.6 Å². The average molecular weight is 449 g/mol. The number of aromatic nitrogens is 1. The quantitative estimate of drug-likeness (QED) is 0.482. The number of sulfonamides is 1. The lowest BCUT2D eigenvalue weighted by molar-refractivity contribution is -0.115. The number of primary sulfonamides is 1. The van der Waals surface area contributed by atoms with Gasteiger partial charge in [0, 0.05) is 17.1 Å². The molecule has 1 aromatic heterocycles. The van der Waals surface area contributed by atoms with Gasteiger partial charge < -0.3 is 20.1 Å². The van der Waals surface area contributed by atoms with Crippen LogP contribution in [0.1, 0.15) is 5.69 Å². The van der Waals surface area contributed by atoms with Crippen LogP contribution in [0.2, 0.25) is 0 Å². The number of benzene rings is 2. The Kier molecular flexibility index (Phi) is 6.55. The molecule has 9 nitrogen and oxygen atoms in total. The Morgan fingerprint density at radius 1 is 1.13 bits per heavy atom. The van der Waals surface area contributed by atoms with Crippen LogP contribution < -0.4 is 25.2 Å². The van der Waals surface area contributed by atoms with Crippen molar-refractivity contribution in [1.82, 2.24) is 4.98 Å². The van der Waals surface area contributed by atoms with Gasteiger partial charge in [-0.2, -0.15) is 0 Å². The Bertz CT molecular complexity index is 1140. The van der Waals surface area contributed by atoms with Gasteiger partial charge in [-0.15, -0.1) is 11.3 Å². The molecule has 3 aromatic rings. The Hall–Kier alpha value is -3.15. The SMILES string of the molecule is COc1ccc(OC)c(Nc2nc(CC(=O)Nc3ccc(S(N)(=O)=O)cc3)cs2)c1. The molecule has 0 saturated heterocycles. The average Bonchev–Trinajstić information content (AvgIpc) is 3.14. The summed E-state index contributed by atoms with van der Waals surface area (Å²) in [6.45, 7) is 0. The first-order chi connectivity index (χ1) is 14.3. The predicted molar refractivity (Wildman–Crippen MR) is 115 cm³/mol. The van der Waals surface area contributed by atoms with Gasteiger partial charge in [-0.3, -0.25) is 4.79 Å². The fraction of sp³-hybridized carbons (Fsp3) is 0.158. The molecule has 0 aliphatic heterocycles. The smallest absolute Gasteiger partial charge is 0.238 e. The van der Waals surface area contributed by atoms with Crippen LogP contribution in [0.5, 0.6) is 11.5 Å². The van der Waals surface area contributed by atoms with Crippen LogP contribution >= 0.6 is 11.3 Å². The summed E-state index contributed by atoms with van der Waals surface area (Å²) in [5.41, 5.74) is 1.74. The van der Waals surface area contributed by atoms with Crippen molar-refractivity contribution in [2.24, 2.45) is 5.14 Å². The highest BCUT2D eigenvalue weighted by molar-refractivity contribution is 7.89. The van der Waals surface area contributed by atoms with E-state index < -0.39 is 10.0 Å². The summed E-state index contributed by atoms with van der Waals surface area (Å²) >= 11 is 1.35. The fourth-order valence-electron chi connectivity index (χ4n) is 2.57. The predicted octanol–water partition coefficient (Wildman–Crippen LogP) is 2.73. The van der Waals surface area contributed by atoms with Crippen molar-refractivity contribution < 1.29 is 22.7 Å². The fourth-order valence-corrected chi connectivity index (χ4v) is 3.81. The molecule has 3 rings (SSSR count). The molecule has 158 valence electrons. The van der Waals surface area contributed by atoms with E-state index in [1.54, 1.807) is 37.8 Å². The van der Waals surface area contributed by atoms with Crippen molar-refractivity contribution in [2.45, 2.75) is 11.3 Å². The molecule has 0 spiro atoms. The lowest BCUT2D eigenvalue weighted by Gasteiger charge is -2.10. The molecule has 0 aliphatic rings. The van der Waals surface area contributed by atoms with Crippen molar-refractivity contribution in [2.75, 3.05) is 24.9 Å². The number of nitrogens with one attached hydrogen (secondary N) is 2. The van der Waals surface area contributed by atoms with Crippen LogP contribution in [-0.4, -0.2) is 33.5 Å².